The number of anilines is 1. The topological polar surface area (TPSA) is 86.8 Å². The molecule has 0 aliphatic carbocycles. The molecule has 0 saturated heterocycles. The van der Waals surface area contributed by atoms with Gasteiger partial charge in [0.15, 0.2) is 0 Å². The third-order valence-electron chi connectivity index (χ3n) is 7.71. The minimum absolute atomic E-state index is 0.00434. The largest absolute Gasteiger partial charge is 0.354 e. The second-order valence-corrected chi connectivity index (χ2v) is 13.5. The van der Waals surface area contributed by atoms with E-state index < -0.39 is 28.5 Å². The third-order valence-corrected chi connectivity index (χ3v) is 9.75. The molecule has 7 nitrogen and oxygen atoms in total. The molecule has 0 fully saturated rings. The SMILES string of the molecule is CCCNC(=O)[C@H](Cc1ccccc1)N(Cc1cccc(C)c1)C(=O)CN(c1ccc(C)c(C)c1)S(=O)(=O)c1ccc(Cl)cc1. The highest BCUT2D eigenvalue weighted by Gasteiger charge is 2.34. The van der Waals surface area contributed by atoms with E-state index in [1.807, 2.05) is 88.4 Å². The van der Waals surface area contributed by atoms with Crippen molar-refractivity contribution in [3.63, 3.8) is 0 Å². The summed E-state index contributed by atoms with van der Waals surface area (Å²) in [6, 6.07) is 27.5. The first-order valence-corrected chi connectivity index (χ1v) is 16.8. The van der Waals surface area contributed by atoms with Gasteiger partial charge >= 0.3 is 0 Å². The first-order chi connectivity index (χ1) is 21.5. The smallest absolute Gasteiger partial charge is 0.264 e. The van der Waals surface area contributed by atoms with Gasteiger partial charge < -0.3 is 10.2 Å². The van der Waals surface area contributed by atoms with E-state index in [-0.39, 0.29) is 23.8 Å². The van der Waals surface area contributed by atoms with Crippen LogP contribution in [0.4, 0.5) is 5.69 Å². The Labute approximate surface area is 271 Å². The summed E-state index contributed by atoms with van der Waals surface area (Å²) in [6.45, 7) is 7.83. The van der Waals surface area contributed by atoms with Crippen molar-refractivity contribution < 1.29 is 18.0 Å². The van der Waals surface area contributed by atoms with Crippen molar-refractivity contribution >= 4 is 39.1 Å². The van der Waals surface area contributed by atoms with Gasteiger partial charge in [-0.1, -0.05) is 84.8 Å². The summed E-state index contributed by atoms with van der Waals surface area (Å²) in [5, 5.41) is 3.37. The minimum atomic E-state index is -4.20. The number of hydrogen-bond donors (Lipinski definition) is 1. The summed E-state index contributed by atoms with van der Waals surface area (Å²) in [6.07, 6.45) is 0.997. The van der Waals surface area contributed by atoms with E-state index in [1.54, 1.807) is 12.1 Å². The molecule has 2 amide bonds. The van der Waals surface area contributed by atoms with E-state index in [0.717, 1.165) is 38.5 Å². The van der Waals surface area contributed by atoms with E-state index in [0.29, 0.717) is 17.3 Å². The van der Waals surface area contributed by atoms with Crippen LogP contribution < -0.4 is 9.62 Å². The molecule has 1 atom stereocenters. The molecule has 1 N–H and O–H groups in total. The van der Waals surface area contributed by atoms with Gasteiger partial charge in [0.05, 0.1) is 10.6 Å². The number of rotatable bonds is 13. The van der Waals surface area contributed by atoms with Crippen LogP contribution in [0.3, 0.4) is 0 Å². The lowest BCUT2D eigenvalue weighted by molar-refractivity contribution is -0.140. The summed E-state index contributed by atoms with van der Waals surface area (Å²) >= 11 is 6.07. The number of carbonyl (C=O) groups is 2. The fourth-order valence-corrected chi connectivity index (χ4v) is 6.60. The molecule has 0 saturated carbocycles. The van der Waals surface area contributed by atoms with Crippen molar-refractivity contribution in [3.8, 4) is 0 Å². The first kappa shape index (κ1) is 33.7. The van der Waals surface area contributed by atoms with Crippen LogP contribution in [0.25, 0.3) is 0 Å². The molecule has 0 unspecified atom stereocenters. The monoisotopic (exact) mass is 645 g/mol. The summed E-state index contributed by atoms with van der Waals surface area (Å²) in [5.74, 6) is -0.792. The van der Waals surface area contributed by atoms with Gasteiger partial charge in [0, 0.05) is 24.5 Å². The Balaban J connectivity index is 1.81. The van der Waals surface area contributed by atoms with Gasteiger partial charge in [-0.05, 0) is 85.8 Å². The molecule has 0 aliphatic heterocycles. The maximum Gasteiger partial charge on any atom is 0.264 e. The Hall–Kier alpha value is -4.14. The second-order valence-electron chi connectivity index (χ2n) is 11.2. The Kier molecular flexibility index (Phi) is 11.4. The Morgan fingerprint density at radius 1 is 0.822 bits per heavy atom. The maximum atomic E-state index is 14.5. The lowest BCUT2D eigenvalue weighted by Gasteiger charge is -2.34. The molecule has 0 bridgehead atoms. The molecular formula is C36H40ClN3O4S. The van der Waals surface area contributed by atoms with Gasteiger partial charge in [-0.15, -0.1) is 0 Å². The van der Waals surface area contributed by atoms with E-state index in [1.165, 1.54) is 29.2 Å². The van der Waals surface area contributed by atoms with Gasteiger partial charge in [-0.25, -0.2) is 8.42 Å². The number of nitrogens with one attached hydrogen (secondary N) is 1. The van der Waals surface area contributed by atoms with Crippen molar-refractivity contribution in [2.45, 2.75) is 58.0 Å². The average Bonchev–Trinajstić information content (AvgIpc) is 3.02. The molecule has 0 aliphatic rings. The van der Waals surface area contributed by atoms with Crippen LogP contribution in [0.2, 0.25) is 5.02 Å². The number of hydrogen-bond acceptors (Lipinski definition) is 4. The van der Waals surface area contributed by atoms with Crippen LogP contribution in [0.15, 0.2) is 102 Å². The molecule has 9 heteroatoms. The number of benzene rings is 4. The molecular weight excluding hydrogens is 606 g/mol. The maximum absolute atomic E-state index is 14.5. The zero-order valence-corrected chi connectivity index (χ0v) is 27.7. The number of sulfonamides is 1. The molecule has 0 heterocycles. The summed E-state index contributed by atoms with van der Waals surface area (Å²) in [5.41, 5.74) is 4.96. The van der Waals surface area contributed by atoms with Crippen LogP contribution >= 0.6 is 11.6 Å². The zero-order chi connectivity index (χ0) is 32.6. The summed E-state index contributed by atoms with van der Waals surface area (Å²) in [4.78, 5) is 29.8. The standard InChI is InChI=1S/C36H40ClN3O4S/c1-5-20-38-36(42)34(23-29-11-7-6-8-12-29)39(24-30-13-9-10-26(2)21-30)35(41)25-40(32-17-14-27(3)28(4)22-32)45(43,44)33-18-15-31(37)16-19-33/h6-19,21-22,34H,5,20,23-25H2,1-4H3,(H,38,42)/t34-/m0/s1. The highest BCUT2D eigenvalue weighted by atomic mass is 35.5. The van der Waals surface area contributed by atoms with Gasteiger partial charge in [0.1, 0.15) is 12.6 Å². The minimum Gasteiger partial charge on any atom is -0.354 e. The Morgan fingerprint density at radius 2 is 1.51 bits per heavy atom. The van der Waals surface area contributed by atoms with E-state index in [4.69, 9.17) is 11.6 Å². The first-order valence-electron chi connectivity index (χ1n) is 15.0. The number of halogens is 1. The molecule has 0 radical (unpaired) electrons. The molecule has 4 rings (SSSR count). The molecule has 4 aromatic rings. The normalized spacial score (nSPS) is 11.9. The highest BCUT2D eigenvalue weighted by Crippen LogP contribution is 2.27. The Bertz CT molecular complexity index is 1730. The fraction of sp³-hybridized carbons (Fsp3) is 0.278. The number of aryl methyl sites for hydroxylation is 3. The number of nitrogens with zero attached hydrogens (tertiary/aromatic N) is 2. The van der Waals surface area contributed by atoms with Crippen LogP contribution in [-0.2, 0) is 32.6 Å². The van der Waals surface area contributed by atoms with Crippen LogP contribution in [-0.4, -0.2) is 44.3 Å². The van der Waals surface area contributed by atoms with Crippen molar-refractivity contribution in [2.75, 3.05) is 17.4 Å². The van der Waals surface area contributed by atoms with Crippen molar-refractivity contribution in [2.24, 2.45) is 0 Å². The molecule has 4 aromatic carbocycles. The number of carbonyl (C=O) groups excluding carboxylic acids is 2. The van der Waals surface area contributed by atoms with Crippen molar-refractivity contribution in [1.82, 2.24) is 10.2 Å². The van der Waals surface area contributed by atoms with Crippen molar-refractivity contribution in [1.29, 1.82) is 0 Å². The quantitative estimate of drug-likeness (QED) is 0.177. The predicted molar refractivity (Wildman–Crippen MR) is 181 cm³/mol. The van der Waals surface area contributed by atoms with Gasteiger partial charge in [0.2, 0.25) is 11.8 Å². The van der Waals surface area contributed by atoms with E-state index in [2.05, 4.69) is 5.32 Å². The predicted octanol–water partition coefficient (Wildman–Crippen LogP) is 6.63. The lowest BCUT2D eigenvalue weighted by Crippen LogP contribution is -2.53. The van der Waals surface area contributed by atoms with E-state index in [9.17, 15) is 18.0 Å². The molecule has 0 spiro atoms. The molecule has 236 valence electrons. The molecule has 0 aromatic heterocycles. The van der Waals surface area contributed by atoms with Crippen LogP contribution in [0.5, 0.6) is 0 Å². The number of amides is 2. The van der Waals surface area contributed by atoms with Gasteiger partial charge in [-0.3, -0.25) is 13.9 Å². The third kappa shape index (κ3) is 8.74. The Morgan fingerprint density at radius 3 is 2.16 bits per heavy atom. The fourth-order valence-electron chi connectivity index (χ4n) is 5.07. The van der Waals surface area contributed by atoms with Crippen molar-refractivity contribution in [3.05, 3.63) is 130 Å². The zero-order valence-electron chi connectivity index (χ0n) is 26.2. The van der Waals surface area contributed by atoms with Gasteiger partial charge in [0.25, 0.3) is 10.0 Å². The lowest BCUT2D eigenvalue weighted by atomic mass is 10.0. The highest BCUT2D eigenvalue weighted by molar-refractivity contribution is 7.92. The van der Waals surface area contributed by atoms with Gasteiger partial charge in [-0.2, -0.15) is 0 Å². The summed E-state index contributed by atoms with van der Waals surface area (Å²) < 4.78 is 29.5. The average molecular weight is 646 g/mol. The molecule has 45 heavy (non-hydrogen) atoms. The van der Waals surface area contributed by atoms with Crippen LogP contribution in [0, 0.1) is 20.8 Å². The van der Waals surface area contributed by atoms with E-state index >= 15 is 0 Å². The second kappa shape index (κ2) is 15.2. The summed E-state index contributed by atoms with van der Waals surface area (Å²) in [7, 11) is -4.20. The van der Waals surface area contributed by atoms with Crippen LogP contribution in [0.1, 0.15) is 41.2 Å².